The van der Waals surface area contributed by atoms with Crippen LogP contribution in [0.5, 0.6) is 0 Å². The van der Waals surface area contributed by atoms with Gasteiger partial charge in [-0.15, -0.1) is 0 Å². The second-order valence-corrected chi connectivity index (χ2v) is 4.59. The van der Waals surface area contributed by atoms with Crippen molar-refractivity contribution < 1.29 is 24.2 Å². The van der Waals surface area contributed by atoms with E-state index < -0.39 is 12.1 Å². The second-order valence-electron chi connectivity index (χ2n) is 4.59. The molecule has 5 heteroatoms. The number of aliphatic hydroxyl groups excluding tert-OH is 1. The fourth-order valence-electron chi connectivity index (χ4n) is 2.17. The van der Waals surface area contributed by atoms with Gasteiger partial charge in [-0.2, -0.15) is 0 Å². The highest BCUT2D eigenvalue weighted by Crippen LogP contribution is 2.25. The molecule has 0 aliphatic carbocycles. The van der Waals surface area contributed by atoms with Gasteiger partial charge >= 0.3 is 5.97 Å². The average molecular weight is 254 g/mol. The summed E-state index contributed by atoms with van der Waals surface area (Å²) < 4.78 is 10.6. The Morgan fingerprint density at radius 2 is 2.28 bits per heavy atom. The number of hydrogen-bond acceptors (Lipinski definition) is 4. The Morgan fingerprint density at radius 3 is 2.89 bits per heavy atom. The summed E-state index contributed by atoms with van der Waals surface area (Å²) in [4.78, 5) is 10.6. The maximum Gasteiger partial charge on any atom is 0.371 e. The highest BCUT2D eigenvalue weighted by atomic mass is 16.5. The normalized spacial score (nSPS) is 21.7. The van der Waals surface area contributed by atoms with Gasteiger partial charge in [-0.05, 0) is 44.2 Å². The highest BCUT2D eigenvalue weighted by Gasteiger charge is 2.19. The lowest BCUT2D eigenvalue weighted by Crippen LogP contribution is -2.19. The summed E-state index contributed by atoms with van der Waals surface area (Å²) in [7, 11) is 0. The van der Waals surface area contributed by atoms with Crippen molar-refractivity contribution in [3.05, 3.63) is 23.7 Å². The first-order valence-corrected chi connectivity index (χ1v) is 6.29. The van der Waals surface area contributed by atoms with Crippen LogP contribution in [0.4, 0.5) is 0 Å². The summed E-state index contributed by atoms with van der Waals surface area (Å²) in [6, 6.07) is 2.87. The van der Waals surface area contributed by atoms with E-state index in [9.17, 15) is 9.90 Å². The Labute approximate surface area is 105 Å². The van der Waals surface area contributed by atoms with Crippen molar-refractivity contribution in [3.8, 4) is 0 Å². The third kappa shape index (κ3) is 3.34. The fourth-order valence-corrected chi connectivity index (χ4v) is 2.17. The van der Waals surface area contributed by atoms with E-state index in [2.05, 4.69) is 0 Å². The zero-order valence-corrected chi connectivity index (χ0v) is 10.2. The van der Waals surface area contributed by atoms with Crippen molar-refractivity contribution in [1.82, 2.24) is 0 Å². The highest BCUT2D eigenvalue weighted by molar-refractivity contribution is 5.84. The van der Waals surface area contributed by atoms with E-state index in [-0.39, 0.29) is 11.9 Å². The largest absolute Gasteiger partial charge is 0.475 e. The van der Waals surface area contributed by atoms with Crippen LogP contribution < -0.4 is 0 Å². The van der Waals surface area contributed by atoms with Crippen LogP contribution in [0.1, 0.15) is 54.5 Å². The molecule has 0 saturated carbocycles. The second kappa shape index (κ2) is 6.02. The number of hydrogen-bond donors (Lipinski definition) is 2. The van der Waals surface area contributed by atoms with Gasteiger partial charge in [0.05, 0.1) is 6.10 Å². The molecule has 18 heavy (non-hydrogen) atoms. The molecule has 2 rings (SSSR count). The number of carboxylic acids is 1. The molecule has 1 aromatic heterocycles. The molecular weight excluding hydrogens is 236 g/mol. The molecule has 0 amide bonds. The third-order valence-corrected chi connectivity index (χ3v) is 3.20. The molecule has 5 nitrogen and oxygen atoms in total. The van der Waals surface area contributed by atoms with Gasteiger partial charge in [0, 0.05) is 6.61 Å². The quantitative estimate of drug-likeness (QED) is 0.843. The first kappa shape index (κ1) is 13.1. The van der Waals surface area contributed by atoms with E-state index in [0.29, 0.717) is 12.2 Å². The zero-order chi connectivity index (χ0) is 13.0. The lowest BCUT2D eigenvalue weighted by Gasteiger charge is -2.23. The molecule has 2 heterocycles. The van der Waals surface area contributed by atoms with Gasteiger partial charge in [0.25, 0.3) is 0 Å². The number of rotatable bonds is 5. The van der Waals surface area contributed by atoms with Crippen LogP contribution in [0.25, 0.3) is 0 Å². The van der Waals surface area contributed by atoms with Gasteiger partial charge in [0.15, 0.2) is 0 Å². The number of aliphatic hydroxyl groups is 1. The molecule has 2 N–H and O–H groups in total. The van der Waals surface area contributed by atoms with Crippen LogP contribution >= 0.6 is 0 Å². The maximum atomic E-state index is 10.6. The Morgan fingerprint density at radius 1 is 1.44 bits per heavy atom. The maximum absolute atomic E-state index is 10.6. The van der Waals surface area contributed by atoms with E-state index in [0.717, 1.165) is 25.9 Å². The van der Waals surface area contributed by atoms with E-state index >= 15 is 0 Å². The first-order chi connectivity index (χ1) is 8.66. The van der Waals surface area contributed by atoms with Crippen molar-refractivity contribution in [3.63, 3.8) is 0 Å². The summed E-state index contributed by atoms with van der Waals surface area (Å²) in [6.07, 6.45) is 4.06. The number of carbonyl (C=O) groups is 1. The Kier molecular flexibility index (Phi) is 4.38. The molecule has 2 unspecified atom stereocenters. The van der Waals surface area contributed by atoms with Gasteiger partial charge in [-0.1, -0.05) is 0 Å². The van der Waals surface area contributed by atoms with Crippen molar-refractivity contribution >= 4 is 5.97 Å². The number of furan rings is 1. The summed E-state index contributed by atoms with van der Waals surface area (Å²) in [5.74, 6) is -0.953. The minimum absolute atomic E-state index is 0.141. The van der Waals surface area contributed by atoms with Crippen LogP contribution in [0.2, 0.25) is 0 Å². The van der Waals surface area contributed by atoms with Crippen LogP contribution in [0.15, 0.2) is 16.5 Å². The third-order valence-electron chi connectivity index (χ3n) is 3.20. The van der Waals surface area contributed by atoms with Gasteiger partial charge < -0.3 is 19.4 Å². The standard InChI is InChI=1S/C13H18O5/c14-10(5-4-9-3-1-2-8-17-9)11-6-7-12(18-11)13(15)16/h6-7,9-10,14H,1-5,8H2,(H,15,16). The SMILES string of the molecule is O=C(O)c1ccc(C(O)CCC2CCCCO2)o1. The van der Waals surface area contributed by atoms with E-state index in [1.165, 1.54) is 18.6 Å². The lowest BCUT2D eigenvalue weighted by atomic mass is 10.0. The molecule has 1 aromatic rings. The molecule has 0 bridgehead atoms. The topological polar surface area (TPSA) is 79.9 Å². The van der Waals surface area contributed by atoms with Crippen molar-refractivity contribution in [2.45, 2.75) is 44.3 Å². The van der Waals surface area contributed by atoms with Gasteiger partial charge in [0.2, 0.25) is 5.76 Å². The number of carboxylic acid groups (broad SMARTS) is 1. The molecule has 1 saturated heterocycles. The Bertz CT molecular complexity index is 392. The van der Waals surface area contributed by atoms with Crippen LogP contribution in [-0.2, 0) is 4.74 Å². The van der Waals surface area contributed by atoms with E-state index in [1.807, 2.05) is 0 Å². The van der Waals surface area contributed by atoms with Gasteiger partial charge in [-0.25, -0.2) is 4.79 Å². The van der Waals surface area contributed by atoms with E-state index in [4.69, 9.17) is 14.3 Å². The molecule has 0 radical (unpaired) electrons. The van der Waals surface area contributed by atoms with Crippen molar-refractivity contribution in [2.75, 3.05) is 6.61 Å². The molecule has 2 atom stereocenters. The van der Waals surface area contributed by atoms with E-state index in [1.54, 1.807) is 0 Å². The summed E-state index contributed by atoms with van der Waals surface area (Å²) in [5.41, 5.74) is 0. The van der Waals surface area contributed by atoms with Gasteiger partial charge in [-0.3, -0.25) is 0 Å². The Balaban J connectivity index is 1.82. The zero-order valence-electron chi connectivity index (χ0n) is 10.2. The Hall–Kier alpha value is -1.33. The number of aromatic carboxylic acids is 1. The summed E-state index contributed by atoms with van der Waals surface area (Å²) in [5, 5.41) is 18.6. The molecule has 100 valence electrons. The van der Waals surface area contributed by atoms with Crippen LogP contribution in [-0.4, -0.2) is 28.9 Å². The average Bonchev–Trinajstić information content (AvgIpc) is 2.87. The molecule has 1 aliphatic heterocycles. The predicted octanol–water partition coefficient (Wildman–Crippen LogP) is 2.36. The minimum Gasteiger partial charge on any atom is -0.475 e. The fraction of sp³-hybridized carbons (Fsp3) is 0.615. The van der Waals surface area contributed by atoms with Crippen molar-refractivity contribution in [2.24, 2.45) is 0 Å². The van der Waals surface area contributed by atoms with Crippen LogP contribution in [0.3, 0.4) is 0 Å². The summed E-state index contributed by atoms with van der Waals surface area (Å²) >= 11 is 0. The van der Waals surface area contributed by atoms with Gasteiger partial charge in [0.1, 0.15) is 11.9 Å². The smallest absolute Gasteiger partial charge is 0.371 e. The van der Waals surface area contributed by atoms with Crippen molar-refractivity contribution in [1.29, 1.82) is 0 Å². The lowest BCUT2D eigenvalue weighted by molar-refractivity contribution is 0.000491. The molecular formula is C13H18O5. The molecule has 0 aromatic carbocycles. The first-order valence-electron chi connectivity index (χ1n) is 6.29. The predicted molar refractivity (Wildman–Crippen MR) is 63.5 cm³/mol. The molecule has 0 spiro atoms. The molecule has 1 fully saturated rings. The summed E-state index contributed by atoms with van der Waals surface area (Å²) in [6.45, 7) is 0.796. The molecule has 1 aliphatic rings. The monoisotopic (exact) mass is 254 g/mol. The minimum atomic E-state index is -1.12. The number of ether oxygens (including phenoxy) is 1. The van der Waals surface area contributed by atoms with Crippen LogP contribution in [0, 0.1) is 0 Å².